The molecule has 5 heteroatoms. The Bertz CT molecular complexity index is 184. The van der Waals surface area contributed by atoms with Gasteiger partial charge < -0.3 is 15.4 Å². The molecule has 0 aliphatic carbocycles. The van der Waals surface area contributed by atoms with E-state index in [2.05, 4.69) is 17.6 Å². The van der Waals surface area contributed by atoms with Gasteiger partial charge in [0, 0.05) is 24.9 Å². The van der Waals surface area contributed by atoms with E-state index in [0.717, 1.165) is 6.54 Å². The second kappa shape index (κ2) is 6.27. The highest BCUT2D eigenvalue weighted by Gasteiger charge is 2.21. The minimum absolute atomic E-state index is 0.00176. The highest BCUT2D eigenvalue weighted by Crippen LogP contribution is 2.03. The van der Waals surface area contributed by atoms with Crippen molar-refractivity contribution in [1.82, 2.24) is 10.6 Å². The Morgan fingerprint density at radius 1 is 1.79 bits per heavy atom. The third-order valence-electron chi connectivity index (χ3n) is 2.19. The van der Waals surface area contributed by atoms with Crippen molar-refractivity contribution in [2.24, 2.45) is 0 Å². The average molecular weight is 218 g/mol. The molecule has 1 unspecified atom stereocenters. The maximum absolute atomic E-state index is 11.5. The molecule has 2 N–H and O–H groups in total. The van der Waals surface area contributed by atoms with Crippen molar-refractivity contribution in [2.45, 2.75) is 18.3 Å². The van der Waals surface area contributed by atoms with E-state index in [1.807, 2.05) is 6.26 Å². The van der Waals surface area contributed by atoms with Crippen molar-refractivity contribution in [2.75, 3.05) is 32.5 Å². The number of thioether (sulfide) groups is 1. The molecule has 4 nitrogen and oxygen atoms in total. The Morgan fingerprint density at radius 3 is 3.14 bits per heavy atom. The highest BCUT2D eigenvalue weighted by molar-refractivity contribution is 7.99. The lowest BCUT2D eigenvalue weighted by molar-refractivity contribution is -0.134. The van der Waals surface area contributed by atoms with Crippen LogP contribution in [0.1, 0.15) is 6.92 Å². The van der Waals surface area contributed by atoms with Crippen molar-refractivity contribution in [3.63, 3.8) is 0 Å². The third-order valence-corrected chi connectivity index (χ3v) is 3.16. The van der Waals surface area contributed by atoms with Gasteiger partial charge in [0.25, 0.3) is 5.91 Å². The fourth-order valence-electron chi connectivity index (χ4n) is 1.18. The van der Waals surface area contributed by atoms with Crippen molar-refractivity contribution in [3.05, 3.63) is 0 Å². The lowest BCUT2D eigenvalue weighted by atomic mass is 10.3. The van der Waals surface area contributed by atoms with Crippen LogP contribution in [0.2, 0.25) is 0 Å². The normalized spacial score (nSPS) is 24.3. The predicted octanol–water partition coefficient (Wildman–Crippen LogP) is -0.157. The lowest BCUT2D eigenvalue weighted by Crippen LogP contribution is -2.48. The largest absolute Gasteiger partial charge is 0.366 e. The maximum atomic E-state index is 11.5. The number of amides is 1. The summed E-state index contributed by atoms with van der Waals surface area (Å²) in [7, 11) is 0. The quantitative estimate of drug-likeness (QED) is 0.688. The minimum atomic E-state index is -0.308. The number of morpholine rings is 1. The van der Waals surface area contributed by atoms with Crippen LogP contribution in [0, 0.1) is 0 Å². The number of ether oxygens (including phenoxy) is 1. The van der Waals surface area contributed by atoms with Gasteiger partial charge in [-0.05, 0) is 6.26 Å². The Morgan fingerprint density at radius 2 is 2.57 bits per heavy atom. The molecule has 14 heavy (non-hydrogen) atoms. The fourth-order valence-corrected chi connectivity index (χ4v) is 1.43. The Labute approximate surface area is 89.2 Å². The summed E-state index contributed by atoms with van der Waals surface area (Å²) in [4.78, 5) is 11.5. The molecule has 1 amide bonds. The molecule has 0 spiro atoms. The van der Waals surface area contributed by atoms with E-state index in [9.17, 15) is 4.79 Å². The van der Waals surface area contributed by atoms with Gasteiger partial charge in [0.05, 0.1) is 6.61 Å². The monoisotopic (exact) mass is 218 g/mol. The predicted molar refractivity (Wildman–Crippen MR) is 58.6 cm³/mol. The molecule has 82 valence electrons. The zero-order valence-electron chi connectivity index (χ0n) is 8.71. The highest BCUT2D eigenvalue weighted by atomic mass is 32.2. The number of carbonyl (C=O) groups excluding carboxylic acids is 1. The first kappa shape index (κ1) is 11.8. The maximum Gasteiger partial charge on any atom is 0.250 e. The number of carbonyl (C=O) groups is 1. The SMILES string of the molecule is CSC(C)CNC(=O)[C@@H]1CNCCO1. The van der Waals surface area contributed by atoms with Gasteiger partial charge in [0.2, 0.25) is 0 Å². The molecular formula is C9H18N2O2S. The lowest BCUT2D eigenvalue weighted by Gasteiger charge is -2.23. The molecule has 2 atom stereocenters. The van der Waals surface area contributed by atoms with Crippen LogP contribution in [0.15, 0.2) is 0 Å². The zero-order valence-corrected chi connectivity index (χ0v) is 9.52. The van der Waals surface area contributed by atoms with E-state index in [4.69, 9.17) is 4.74 Å². The molecule has 1 saturated heterocycles. The summed E-state index contributed by atoms with van der Waals surface area (Å²) in [5.41, 5.74) is 0. The average Bonchev–Trinajstić information content (AvgIpc) is 2.26. The first-order valence-corrected chi connectivity index (χ1v) is 6.15. The summed E-state index contributed by atoms with van der Waals surface area (Å²) in [6.45, 7) is 4.88. The van der Waals surface area contributed by atoms with Crippen molar-refractivity contribution < 1.29 is 9.53 Å². The molecule has 0 aromatic rings. The fraction of sp³-hybridized carbons (Fsp3) is 0.889. The van der Waals surface area contributed by atoms with Gasteiger partial charge in [-0.15, -0.1) is 0 Å². The van der Waals surface area contributed by atoms with Crippen molar-refractivity contribution >= 4 is 17.7 Å². The first-order chi connectivity index (χ1) is 6.74. The van der Waals surface area contributed by atoms with Gasteiger partial charge in [-0.3, -0.25) is 4.79 Å². The molecule has 1 aliphatic heterocycles. The Hall–Kier alpha value is -0.260. The summed E-state index contributed by atoms with van der Waals surface area (Å²) in [5, 5.41) is 6.46. The molecule has 1 heterocycles. The Balaban J connectivity index is 2.19. The topological polar surface area (TPSA) is 50.4 Å². The van der Waals surface area contributed by atoms with Crippen LogP contribution in [0.25, 0.3) is 0 Å². The van der Waals surface area contributed by atoms with Crippen LogP contribution < -0.4 is 10.6 Å². The Kier molecular flexibility index (Phi) is 5.29. The number of hydrogen-bond donors (Lipinski definition) is 2. The molecular weight excluding hydrogens is 200 g/mol. The third kappa shape index (κ3) is 3.86. The van der Waals surface area contributed by atoms with Crippen LogP contribution in [-0.2, 0) is 9.53 Å². The van der Waals surface area contributed by atoms with Crippen LogP contribution in [-0.4, -0.2) is 49.8 Å². The van der Waals surface area contributed by atoms with Gasteiger partial charge in [-0.2, -0.15) is 11.8 Å². The van der Waals surface area contributed by atoms with Gasteiger partial charge in [0.1, 0.15) is 6.10 Å². The zero-order chi connectivity index (χ0) is 10.4. The molecule has 0 bridgehead atoms. The second-order valence-electron chi connectivity index (χ2n) is 3.36. The number of rotatable bonds is 4. The van der Waals surface area contributed by atoms with E-state index >= 15 is 0 Å². The molecule has 0 saturated carbocycles. The molecule has 1 aliphatic rings. The van der Waals surface area contributed by atoms with Crippen molar-refractivity contribution in [3.8, 4) is 0 Å². The minimum Gasteiger partial charge on any atom is -0.366 e. The molecule has 0 aromatic carbocycles. The standard InChI is InChI=1S/C9H18N2O2S/c1-7(14-2)5-11-9(12)8-6-10-3-4-13-8/h7-8,10H,3-6H2,1-2H3,(H,11,12)/t7?,8-/m0/s1. The summed E-state index contributed by atoms with van der Waals surface area (Å²) in [6, 6.07) is 0. The van der Waals surface area contributed by atoms with E-state index in [1.165, 1.54) is 0 Å². The van der Waals surface area contributed by atoms with E-state index in [1.54, 1.807) is 11.8 Å². The summed E-state index contributed by atoms with van der Waals surface area (Å²) in [5.74, 6) is -0.00176. The van der Waals surface area contributed by atoms with Crippen molar-refractivity contribution in [1.29, 1.82) is 0 Å². The van der Waals surface area contributed by atoms with E-state index in [-0.39, 0.29) is 12.0 Å². The number of hydrogen-bond acceptors (Lipinski definition) is 4. The number of nitrogens with one attached hydrogen (secondary N) is 2. The van der Waals surface area contributed by atoms with Crippen LogP contribution >= 0.6 is 11.8 Å². The van der Waals surface area contributed by atoms with Gasteiger partial charge in [-0.1, -0.05) is 6.92 Å². The summed E-state index contributed by atoms with van der Waals surface area (Å²) >= 11 is 1.74. The second-order valence-corrected chi connectivity index (χ2v) is 4.63. The van der Waals surface area contributed by atoms with Gasteiger partial charge >= 0.3 is 0 Å². The summed E-state index contributed by atoms with van der Waals surface area (Å²) < 4.78 is 5.32. The first-order valence-electron chi connectivity index (χ1n) is 4.87. The molecule has 1 rings (SSSR count). The van der Waals surface area contributed by atoms with Crippen LogP contribution in [0.3, 0.4) is 0 Å². The smallest absolute Gasteiger partial charge is 0.250 e. The molecule has 0 aromatic heterocycles. The molecule has 0 radical (unpaired) electrons. The van der Waals surface area contributed by atoms with Gasteiger partial charge in [0.15, 0.2) is 0 Å². The van der Waals surface area contributed by atoms with Crippen LogP contribution in [0.5, 0.6) is 0 Å². The summed E-state index contributed by atoms with van der Waals surface area (Å²) in [6.07, 6.45) is 1.73. The van der Waals surface area contributed by atoms with E-state index in [0.29, 0.717) is 24.9 Å². The van der Waals surface area contributed by atoms with E-state index < -0.39 is 0 Å². The molecule has 1 fully saturated rings. The van der Waals surface area contributed by atoms with Gasteiger partial charge in [-0.25, -0.2) is 0 Å². The van der Waals surface area contributed by atoms with Crippen LogP contribution in [0.4, 0.5) is 0 Å².